The lowest BCUT2D eigenvalue weighted by Crippen LogP contribution is -2.05. The SMILES string of the molecule is CC(=O)c1c(F)ccc2nccn12. The zero-order chi connectivity index (χ0) is 9.42. The first-order valence-corrected chi connectivity index (χ1v) is 3.82. The van der Waals surface area contributed by atoms with Crippen LogP contribution in [0, 0.1) is 5.82 Å². The molecule has 0 aliphatic rings. The van der Waals surface area contributed by atoms with Gasteiger partial charge in [-0.05, 0) is 12.1 Å². The first-order valence-electron chi connectivity index (χ1n) is 3.82. The van der Waals surface area contributed by atoms with E-state index < -0.39 is 5.82 Å². The Morgan fingerprint density at radius 1 is 1.54 bits per heavy atom. The molecule has 0 bridgehead atoms. The molecule has 4 heteroatoms. The number of carbonyl (C=O) groups is 1. The summed E-state index contributed by atoms with van der Waals surface area (Å²) in [6.07, 6.45) is 3.09. The number of halogens is 1. The predicted molar refractivity (Wildman–Crippen MR) is 45.2 cm³/mol. The number of imidazole rings is 1. The van der Waals surface area contributed by atoms with Gasteiger partial charge >= 0.3 is 0 Å². The van der Waals surface area contributed by atoms with Gasteiger partial charge in [0, 0.05) is 19.3 Å². The van der Waals surface area contributed by atoms with Crippen molar-refractivity contribution in [2.45, 2.75) is 6.92 Å². The van der Waals surface area contributed by atoms with Gasteiger partial charge in [-0.25, -0.2) is 9.37 Å². The summed E-state index contributed by atoms with van der Waals surface area (Å²) in [7, 11) is 0. The summed E-state index contributed by atoms with van der Waals surface area (Å²) in [5, 5.41) is 0. The third-order valence-electron chi connectivity index (χ3n) is 1.85. The lowest BCUT2D eigenvalue weighted by molar-refractivity contribution is 0.100. The van der Waals surface area contributed by atoms with Crippen LogP contribution in [0.15, 0.2) is 24.5 Å². The monoisotopic (exact) mass is 178 g/mol. The van der Waals surface area contributed by atoms with E-state index in [1.165, 1.54) is 29.7 Å². The fourth-order valence-electron chi connectivity index (χ4n) is 1.31. The first-order chi connectivity index (χ1) is 6.20. The van der Waals surface area contributed by atoms with Crippen LogP contribution in [0.2, 0.25) is 0 Å². The quantitative estimate of drug-likeness (QED) is 0.622. The van der Waals surface area contributed by atoms with E-state index in [0.717, 1.165) is 0 Å². The number of carbonyl (C=O) groups excluding carboxylic acids is 1. The number of rotatable bonds is 1. The number of hydrogen-bond donors (Lipinski definition) is 0. The summed E-state index contributed by atoms with van der Waals surface area (Å²) in [5.41, 5.74) is 0.626. The number of hydrogen-bond acceptors (Lipinski definition) is 2. The maximum atomic E-state index is 13.2. The van der Waals surface area contributed by atoms with Crippen molar-refractivity contribution in [3.05, 3.63) is 36.0 Å². The minimum absolute atomic E-state index is 0.0509. The van der Waals surface area contributed by atoms with Gasteiger partial charge in [-0.3, -0.25) is 9.20 Å². The Hall–Kier alpha value is -1.71. The standard InChI is InChI=1S/C9H7FN2O/c1-6(13)9-7(10)2-3-8-11-4-5-12(8)9/h2-5H,1H3. The molecular formula is C9H7FN2O. The average Bonchev–Trinajstić information content (AvgIpc) is 2.50. The fraction of sp³-hybridized carbons (Fsp3) is 0.111. The lowest BCUT2D eigenvalue weighted by Gasteiger charge is -2.01. The van der Waals surface area contributed by atoms with Crippen LogP contribution < -0.4 is 0 Å². The molecule has 2 rings (SSSR count). The van der Waals surface area contributed by atoms with Crippen molar-refractivity contribution < 1.29 is 9.18 Å². The normalized spacial score (nSPS) is 10.6. The first kappa shape index (κ1) is 7.91. The molecule has 0 radical (unpaired) electrons. The van der Waals surface area contributed by atoms with E-state index in [0.29, 0.717) is 5.65 Å². The molecule has 0 atom stereocenters. The fourth-order valence-corrected chi connectivity index (χ4v) is 1.31. The van der Waals surface area contributed by atoms with Gasteiger partial charge in [-0.2, -0.15) is 0 Å². The Bertz CT molecular complexity index is 475. The van der Waals surface area contributed by atoms with E-state index in [9.17, 15) is 9.18 Å². The maximum absolute atomic E-state index is 13.2. The van der Waals surface area contributed by atoms with Crippen LogP contribution in [-0.2, 0) is 0 Å². The maximum Gasteiger partial charge on any atom is 0.179 e. The Kier molecular flexibility index (Phi) is 1.62. The summed E-state index contributed by atoms with van der Waals surface area (Å²) >= 11 is 0. The summed E-state index contributed by atoms with van der Waals surface area (Å²) in [5.74, 6) is -0.820. The van der Waals surface area contributed by atoms with Crippen LogP contribution in [-0.4, -0.2) is 15.2 Å². The van der Waals surface area contributed by atoms with E-state index in [4.69, 9.17) is 0 Å². The highest BCUT2D eigenvalue weighted by molar-refractivity contribution is 5.93. The van der Waals surface area contributed by atoms with Crippen LogP contribution in [0.25, 0.3) is 5.65 Å². The van der Waals surface area contributed by atoms with Gasteiger partial charge in [-0.15, -0.1) is 0 Å². The second kappa shape index (κ2) is 2.65. The van der Waals surface area contributed by atoms with E-state index in [1.807, 2.05) is 0 Å². The summed E-state index contributed by atoms with van der Waals surface area (Å²) < 4.78 is 14.6. The number of nitrogens with zero attached hydrogens (tertiary/aromatic N) is 2. The highest BCUT2D eigenvalue weighted by atomic mass is 19.1. The zero-order valence-electron chi connectivity index (χ0n) is 6.99. The number of pyridine rings is 1. The van der Waals surface area contributed by atoms with Crippen molar-refractivity contribution in [1.82, 2.24) is 9.38 Å². The number of ketones is 1. The molecule has 13 heavy (non-hydrogen) atoms. The smallest absolute Gasteiger partial charge is 0.179 e. The van der Waals surface area contributed by atoms with Gasteiger partial charge in [0.15, 0.2) is 11.6 Å². The van der Waals surface area contributed by atoms with Gasteiger partial charge in [0.1, 0.15) is 11.3 Å². The molecule has 66 valence electrons. The summed E-state index contributed by atoms with van der Waals surface area (Å²) in [6, 6.07) is 2.78. The molecule has 0 saturated heterocycles. The third kappa shape index (κ3) is 1.11. The minimum atomic E-state index is -0.516. The molecule has 2 heterocycles. The Morgan fingerprint density at radius 3 is 3.00 bits per heavy atom. The van der Waals surface area contributed by atoms with Crippen molar-refractivity contribution in [1.29, 1.82) is 0 Å². The predicted octanol–water partition coefficient (Wildman–Crippen LogP) is 1.68. The lowest BCUT2D eigenvalue weighted by atomic mass is 10.2. The van der Waals surface area contributed by atoms with Crippen LogP contribution >= 0.6 is 0 Å². The molecular weight excluding hydrogens is 171 g/mol. The molecule has 3 nitrogen and oxygen atoms in total. The molecule has 2 aromatic rings. The molecule has 0 aromatic carbocycles. The van der Waals surface area contributed by atoms with Crippen molar-refractivity contribution >= 4 is 11.4 Å². The Morgan fingerprint density at radius 2 is 2.31 bits per heavy atom. The average molecular weight is 178 g/mol. The zero-order valence-corrected chi connectivity index (χ0v) is 6.99. The van der Waals surface area contributed by atoms with Gasteiger partial charge in [0.25, 0.3) is 0 Å². The Labute approximate surface area is 73.8 Å². The highest BCUT2D eigenvalue weighted by Gasteiger charge is 2.11. The topological polar surface area (TPSA) is 34.4 Å². The molecule has 0 amide bonds. The molecule has 0 spiro atoms. The second-order valence-electron chi connectivity index (χ2n) is 2.74. The molecule has 0 N–H and O–H groups in total. The van der Waals surface area contributed by atoms with E-state index >= 15 is 0 Å². The van der Waals surface area contributed by atoms with Gasteiger partial charge < -0.3 is 0 Å². The largest absolute Gasteiger partial charge is 0.294 e. The van der Waals surface area contributed by atoms with Crippen LogP contribution in [0.1, 0.15) is 17.4 Å². The molecule has 0 unspecified atom stereocenters. The Balaban J connectivity index is 2.88. The van der Waals surface area contributed by atoms with E-state index in [-0.39, 0.29) is 11.5 Å². The van der Waals surface area contributed by atoms with Gasteiger partial charge in [0.05, 0.1) is 0 Å². The molecule has 0 saturated carbocycles. The van der Waals surface area contributed by atoms with Crippen molar-refractivity contribution in [2.75, 3.05) is 0 Å². The second-order valence-corrected chi connectivity index (χ2v) is 2.74. The molecule has 2 aromatic heterocycles. The van der Waals surface area contributed by atoms with Crippen molar-refractivity contribution in [2.24, 2.45) is 0 Å². The van der Waals surface area contributed by atoms with E-state index in [1.54, 1.807) is 6.20 Å². The van der Waals surface area contributed by atoms with Crippen LogP contribution in [0.4, 0.5) is 4.39 Å². The molecule has 0 fully saturated rings. The van der Waals surface area contributed by atoms with Crippen LogP contribution in [0.3, 0.4) is 0 Å². The summed E-state index contributed by atoms with van der Waals surface area (Å²) in [4.78, 5) is 15.0. The number of Topliss-reactive ketones (excluding diaryl/α,β-unsaturated/α-hetero) is 1. The molecule has 0 aliphatic carbocycles. The van der Waals surface area contributed by atoms with Gasteiger partial charge in [0.2, 0.25) is 0 Å². The van der Waals surface area contributed by atoms with Crippen LogP contribution in [0.5, 0.6) is 0 Å². The summed E-state index contributed by atoms with van der Waals surface area (Å²) in [6.45, 7) is 1.33. The van der Waals surface area contributed by atoms with Gasteiger partial charge in [-0.1, -0.05) is 0 Å². The highest BCUT2D eigenvalue weighted by Crippen LogP contribution is 2.11. The van der Waals surface area contributed by atoms with Crippen molar-refractivity contribution in [3.63, 3.8) is 0 Å². The third-order valence-corrected chi connectivity index (χ3v) is 1.85. The van der Waals surface area contributed by atoms with E-state index in [2.05, 4.69) is 4.98 Å². The molecule has 0 aliphatic heterocycles. The number of fused-ring (bicyclic) bond motifs is 1. The van der Waals surface area contributed by atoms with Crippen molar-refractivity contribution in [3.8, 4) is 0 Å². The minimum Gasteiger partial charge on any atom is -0.294 e. The number of aromatic nitrogens is 2.